The molecule has 0 saturated heterocycles. The molecule has 0 amide bonds. The van der Waals surface area contributed by atoms with Crippen LogP contribution < -0.4 is 10.1 Å². The molecule has 0 bridgehead atoms. The van der Waals surface area contributed by atoms with Gasteiger partial charge in [-0.2, -0.15) is 0 Å². The van der Waals surface area contributed by atoms with Crippen molar-refractivity contribution in [1.82, 2.24) is 20.1 Å². The SMILES string of the molecule is CN(Sc1cccs1)c1cccc2cc(-c3ncc(CCc4noc(=O)[nH]4)s3)[nH]c12. The molecule has 0 radical (unpaired) electrons. The maximum absolute atomic E-state index is 11.0. The number of H-pyrrole nitrogens is 2. The topological polar surface area (TPSA) is 90.8 Å². The van der Waals surface area contributed by atoms with Crippen LogP contribution >= 0.6 is 34.6 Å². The van der Waals surface area contributed by atoms with Crippen molar-refractivity contribution >= 4 is 51.2 Å². The van der Waals surface area contributed by atoms with Gasteiger partial charge in [0.25, 0.3) is 0 Å². The van der Waals surface area contributed by atoms with Crippen LogP contribution in [0.15, 0.2) is 61.5 Å². The Kier molecular flexibility index (Phi) is 5.19. The highest BCUT2D eigenvalue weighted by Gasteiger charge is 2.14. The van der Waals surface area contributed by atoms with E-state index in [2.05, 4.69) is 77.8 Å². The molecule has 0 aliphatic heterocycles. The van der Waals surface area contributed by atoms with Gasteiger partial charge in [0.15, 0.2) is 5.82 Å². The first-order valence-corrected chi connectivity index (χ1v) is 11.7. The van der Waals surface area contributed by atoms with Crippen LogP contribution in [0, 0.1) is 0 Å². The molecule has 0 aliphatic carbocycles. The minimum absolute atomic E-state index is 0.522. The Labute approximate surface area is 183 Å². The molecular weight excluding hydrogens is 438 g/mol. The normalized spacial score (nSPS) is 11.4. The zero-order valence-corrected chi connectivity index (χ0v) is 18.4. The second-order valence-electron chi connectivity index (χ2n) is 6.62. The van der Waals surface area contributed by atoms with Gasteiger partial charge in [-0.1, -0.05) is 23.4 Å². The van der Waals surface area contributed by atoms with Gasteiger partial charge in [0.2, 0.25) is 0 Å². The van der Waals surface area contributed by atoms with Gasteiger partial charge < -0.3 is 9.29 Å². The van der Waals surface area contributed by atoms with Crippen LogP contribution in [0.25, 0.3) is 21.6 Å². The van der Waals surface area contributed by atoms with Crippen LogP contribution in [0.2, 0.25) is 0 Å². The van der Waals surface area contributed by atoms with E-state index in [1.807, 2.05) is 6.20 Å². The highest BCUT2D eigenvalue weighted by Crippen LogP contribution is 2.36. The average molecular weight is 456 g/mol. The highest BCUT2D eigenvalue weighted by molar-refractivity contribution is 8.02. The summed E-state index contributed by atoms with van der Waals surface area (Å²) in [5.74, 6) is 0.0302. The standard InChI is InChI=1S/C20H17N5O2S3/c1-25(30-17-6-3-9-28-17)15-5-2-4-12-10-14(22-18(12)15)19-21-11-13(29-19)7-8-16-23-20(26)27-24-16/h2-6,9-11,22H,7-8H2,1H3,(H,23,24,26). The van der Waals surface area contributed by atoms with E-state index in [0.717, 1.165) is 38.6 Å². The molecule has 4 heterocycles. The maximum atomic E-state index is 11.0. The van der Waals surface area contributed by atoms with Crippen molar-refractivity contribution in [2.45, 2.75) is 17.1 Å². The van der Waals surface area contributed by atoms with E-state index in [9.17, 15) is 4.79 Å². The number of hydrogen-bond acceptors (Lipinski definition) is 8. The molecule has 0 aliphatic rings. The quantitative estimate of drug-likeness (QED) is 0.337. The summed E-state index contributed by atoms with van der Waals surface area (Å²) < 4.78 is 7.97. The highest BCUT2D eigenvalue weighted by atomic mass is 32.2. The van der Waals surface area contributed by atoms with Gasteiger partial charge in [-0.25, -0.2) is 9.78 Å². The van der Waals surface area contributed by atoms with Crippen molar-refractivity contribution in [3.05, 3.63) is 69.2 Å². The van der Waals surface area contributed by atoms with Crippen molar-refractivity contribution < 1.29 is 4.52 Å². The molecule has 0 spiro atoms. The zero-order valence-electron chi connectivity index (χ0n) is 15.9. The van der Waals surface area contributed by atoms with Gasteiger partial charge in [-0.05, 0) is 41.9 Å². The van der Waals surface area contributed by atoms with Gasteiger partial charge in [0, 0.05) is 29.9 Å². The number of fused-ring (bicyclic) bond motifs is 1. The van der Waals surface area contributed by atoms with Gasteiger partial charge in [0.05, 0.1) is 21.1 Å². The lowest BCUT2D eigenvalue weighted by Crippen LogP contribution is -2.05. The third-order valence-corrected chi connectivity index (χ3v) is 7.62. The molecule has 7 nitrogen and oxygen atoms in total. The number of aromatic nitrogens is 4. The van der Waals surface area contributed by atoms with Crippen molar-refractivity contribution in [1.29, 1.82) is 0 Å². The van der Waals surface area contributed by atoms with Gasteiger partial charge in [-0.15, -0.1) is 22.7 Å². The van der Waals surface area contributed by atoms with Crippen molar-refractivity contribution in [2.75, 3.05) is 11.4 Å². The summed E-state index contributed by atoms with van der Waals surface area (Å²) in [6.45, 7) is 0. The van der Waals surface area contributed by atoms with Crippen molar-refractivity contribution in [3.8, 4) is 10.7 Å². The number of para-hydroxylation sites is 1. The Bertz CT molecular complexity index is 1330. The maximum Gasteiger partial charge on any atom is 0.438 e. The summed E-state index contributed by atoms with van der Waals surface area (Å²) in [4.78, 5) is 22.9. The van der Waals surface area contributed by atoms with E-state index < -0.39 is 5.76 Å². The van der Waals surface area contributed by atoms with Crippen LogP contribution in [0.3, 0.4) is 0 Å². The molecule has 0 saturated carbocycles. The Morgan fingerprint density at radius 1 is 1.20 bits per heavy atom. The first kappa shape index (κ1) is 19.2. The second kappa shape index (κ2) is 8.13. The number of nitrogens with one attached hydrogen (secondary N) is 2. The molecular formula is C20H17N5O2S3. The van der Waals surface area contributed by atoms with Crippen LogP contribution in [0.5, 0.6) is 0 Å². The molecule has 30 heavy (non-hydrogen) atoms. The third kappa shape index (κ3) is 3.93. The van der Waals surface area contributed by atoms with Gasteiger partial charge in [0.1, 0.15) is 5.01 Å². The molecule has 152 valence electrons. The number of anilines is 1. The molecule has 0 fully saturated rings. The lowest BCUT2D eigenvalue weighted by Gasteiger charge is -2.17. The fourth-order valence-electron chi connectivity index (χ4n) is 3.17. The number of aromatic amines is 2. The van der Waals surface area contributed by atoms with E-state index >= 15 is 0 Å². The van der Waals surface area contributed by atoms with Crippen molar-refractivity contribution in [3.63, 3.8) is 0 Å². The molecule has 2 N–H and O–H groups in total. The van der Waals surface area contributed by atoms with Crippen LogP contribution in [-0.2, 0) is 12.8 Å². The fourth-order valence-corrected chi connectivity index (χ4v) is 5.84. The molecule has 0 atom stereocenters. The molecule has 5 aromatic rings. The molecule has 0 unspecified atom stereocenters. The number of hydrogen-bond donors (Lipinski definition) is 2. The summed E-state index contributed by atoms with van der Waals surface area (Å²) >= 11 is 5.08. The molecule has 4 aromatic heterocycles. The molecule has 1 aromatic carbocycles. The zero-order chi connectivity index (χ0) is 20.5. The largest absolute Gasteiger partial charge is 0.438 e. The monoisotopic (exact) mass is 455 g/mol. The minimum atomic E-state index is -0.522. The van der Waals surface area contributed by atoms with E-state index in [1.165, 1.54) is 4.21 Å². The molecule has 5 rings (SSSR count). The number of thiazole rings is 1. The van der Waals surface area contributed by atoms with Crippen molar-refractivity contribution in [2.24, 2.45) is 0 Å². The first-order valence-electron chi connectivity index (χ1n) is 9.22. The number of thiophene rings is 1. The fraction of sp³-hybridized carbons (Fsp3) is 0.150. The van der Waals surface area contributed by atoms with Crippen LogP contribution in [0.4, 0.5) is 5.69 Å². The summed E-state index contributed by atoms with van der Waals surface area (Å²) in [5, 5.41) is 7.88. The first-order chi connectivity index (χ1) is 14.7. The Morgan fingerprint density at radius 3 is 2.93 bits per heavy atom. The predicted octanol–water partition coefficient (Wildman–Crippen LogP) is 4.96. The smallest absolute Gasteiger partial charge is 0.351 e. The second-order valence-corrected chi connectivity index (χ2v) is 10.1. The van der Waals surface area contributed by atoms with Gasteiger partial charge in [-0.3, -0.25) is 9.51 Å². The Morgan fingerprint density at radius 2 is 2.13 bits per heavy atom. The summed E-state index contributed by atoms with van der Waals surface area (Å²) in [5.41, 5.74) is 3.22. The Hall–Kier alpha value is -2.82. The summed E-state index contributed by atoms with van der Waals surface area (Å²) in [6, 6.07) is 12.6. The third-order valence-electron chi connectivity index (χ3n) is 4.57. The van der Waals surface area contributed by atoms with Crippen LogP contribution in [0.1, 0.15) is 10.7 Å². The lowest BCUT2D eigenvalue weighted by atomic mass is 10.2. The number of aryl methyl sites for hydroxylation is 2. The lowest BCUT2D eigenvalue weighted by molar-refractivity contribution is 0.381. The van der Waals surface area contributed by atoms with E-state index in [-0.39, 0.29) is 0 Å². The van der Waals surface area contributed by atoms with E-state index in [1.54, 1.807) is 34.6 Å². The van der Waals surface area contributed by atoms with E-state index in [0.29, 0.717) is 12.2 Å². The van der Waals surface area contributed by atoms with E-state index in [4.69, 9.17) is 0 Å². The summed E-state index contributed by atoms with van der Waals surface area (Å²) in [7, 11) is 2.08. The Balaban J connectivity index is 1.37. The summed E-state index contributed by atoms with van der Waals surface area (Å²) in [6.07, 6.45) is 3.23. The number of nitrogens with zero attached hydrogens (tertiary/aromatic N) is 3. The predicted molar refractivity (Wildman–Crippen MR) is 123 cm³/mol. The average Bonchev–Trinajstić information content (AvgIpc) is 3.52. The number of rotatable bonds is 7. The minimum Gasteiger partial charge on any atom is -0.351 e. The van der Waals surface area contributed by atoms with Gasteiger partial charge >= 0.3 is 5.76 Å². The number of benzene rings is 1. The van der Waals surface area contributed by atoms with Crippen LogP contribution in [-0.4, -0.2) is 27.2 Å². The molecule has 10 heteroatoms.